The van der Waals surface area contributed by atoms with Gasteiger partial charge >= 0.3 is 0 Å². The maximum atomic E-state index is 12.5. The molecule has 1 atom stereocenters. The number of rotatable bonds is 3. The maximum Gasteiger partial charge on any atom is 0.251 e. The molecule has 0 saturated carbocycles. The van der Waals surface area contributed by atoms with Crippen LogP contribution in [0.3, 0.4) is 0 Å². The van der Waals surface area contributed by atoms with Crippen molar-refractivity contribution in [1.29, 1.82) is 0 Å². The standard InChI is InChI=1S/C18H24N4O/c1-11(2)17-21-20-16-6-5-15(10-22(16)17)19-18(23)14-8-12(3)7-13(4)9-14/h7-9,11,15H,5-6,10H2,1-4H3,(H,19,23)/t15-/m1/s1. The Kier molecular flexibility index (Phi) is 4.20. The predicted octanol–water partition coefficient (Wildman–Crippen LogP) is 2.76. The molecular formula is C18H24N4O. The Bertz CT molecular complexity index is 712. The smallest absolute Gasteiger partial charge is 0.251 e. The van der Waals surface area contributed by atoms with Crippen molar-refractivity contribution in [2.24, 2.45) is 0 Å². The lowest BCUT2D eigenvalue weighted by molar-refractivity contribution is 0.0927. The van der Waals surface area contributed by atoms with Crippen molar-refractivity contribution in [1.82, 2.24) is 20.1 Å². The van der Waals surface area contributed by atoms with Crippen molar-refractivity contribution in [2.75, 3.05) is 0 Å². The lowest BCUT2D eigenvalue weighted by atomic mass is 10.0. The molecule has 0 saturated heterocycles. The minimum Gasteiger partial charge on any atom is -0.347 e. The number of hydrogen-bond donors (Lipinski definition) is 1. The molecule has 0 spiro atoms. The van der Waals surface area contributed by atoms with E-state index in [0.29, 0.717) is 5.92 Å². The third kappa shape index (κ3) is 3.28. The first kappa shape index (κ1) is 15.7. The van der Waals surface area contributed by atoms with Gasteiger partial charge in [-0.05, 0) is 32.4 Å². The van der Waals surface area contributed by atoms with E-state index in [-0.39, 0.29) is 11.9 Å². The van der Waals surface area contributed by atoms with Crippen LogP contribution in [0.25, 0.3) is 0 Å². The molecule has 0 bridgehead atoms. The van der Waals surface area contributed by atoms with Crippen molar-refractivity contribution in [2.45, 2.75) is 59.0 Å². The second-order valence-corrected chi connectivity index (χ2v) is 6.83. The molecule has 2 aromatic rings. The SMILES string of the molecule is Cc1cc(C)cc(C(=O)N[C@@H]2CCc3nnc(C(C)C)n3C2)c1. The number of aromatic nitrogens is 3. The van der Waals surface area contributed by atoms with Crippen LogP contribution in [-0.2, 0) is 13.0 Å². The number of nitrogens with zero attached hydrogens (tertiary/aromatic N) is 3. The van der Waals surface area contributed by atoms with Gasteiger partial charge in [-0.25, -0.2) is 0 Å². The average Bonchev–Trinajstić information content (AvgIpc) is 2.89. The first-order chi connectivity index (χ1) is 10.9. The second kappa shape index (κ2) is 6.14. The van der Waals surface area contributed by atoms with Gasteiger partial charge in [-0.3, -0.25) is 4.79 Å². The summed E-state index contributed by atoms with van der Waals surface area (Å²) in [5.41, 5.74) is 2.96. The number of hydrogen-bond acceptors (Lipinski definition) is 3. The van der Waals surface area contributed by atoms with Crippen LogP contribution in [0, 0.1) is 13.8 Å². The van der Waals surface area contributed by atoms with Crippen molar-refractivity contribution >= 4 is 5.91 Å². The quantitative estimate of drug-likeness (QED) is 0.948. The van der Waals surface area contributed by atoms with Crippen molar-refractivity contribution in [3.05, 3.63) is 46.5 Å². The van der Waals surface area contributed by atoms with Crippen LogP contribution in [0.15, 0.2) is 18.2 Å². The number of nitrogens with one attached hydrogen (secondary N) is 1. The summed E-state index contributed by atoms with van der Waals surface area (Å²) in [7, 11) is 0. The second-order valence-electron chi connectivity index (χ2n) is 6.83. The molecular weight excluding hydrogens is 288 g/mol. The van der Waals surface area contributed by atoms with Gasteiger partial charge in [0.25, 0.3) is 5.91 Å². The van der Waals surface area contributed by atoms with E-state index in [0.717, 1.165) is 47.7 Å². The molecule has 0 radical (unpaired) electrons. The summed E-state index contributed by atoms with van der Waals surface area (Å²) in [5.74, 6) is 2.38. The summed E-state index contributed by atoms with van der Waals surface area (Å²) in [6, 6.07) is 6.09. The highest BCUT2D eigenvalue weighted by Gasteiger charge is 2.25. The number of carbonyl (C=O) groups excluding carboxylic acids is 1. The molecule has 1 N–H and O–H groups in total. The summed E-state index contributed by atoms with van der Waals surface area (Å²) in [4.78, 5) is 12.5. The van der Waals surface area contributed by atoms with Crippen LogP contribution in [0.1, 0.15) is 59.3 Å². The number of amides is 1. The van der Waals surface area contributed by atoms with Crippen LogP contribution in [0.2, 0.25) is 0 Å². The molecule has 5 heteroatoms. The van der Waals surface area contributed by atoms with Gasteiger partial charge < -0.3 is 9.88 Å². The Labute approximate surface area is 137 Å². The summed E-state index contributed by atoms with van der Waals surface area (Å²) >= 11 is 0. The van der Waals surface area contributed by atoms with Crippen LogP contribution in [-0.4, -0.2) is 26.7 Å². The van der Waals surface area contributed by atoms with Crippen LogP contribution in [0.5, 0.6) is 0 Å². The van der Waals surface area contributed by atoms with Gasteiger partial charge in [0.15, 0.2) is 0 Å². The van der Waals surface area contributed by atoms with Crippen molar-refractivity contribution in [3.8, 4) is 0 Å². The van der Waals surface area contributed by atoms with Crippen molar-refractivity contribution in [3.63, 3.8) is 0 Å². The minimum absolute atomic E-state index is 0.00409. The molecule has 2 heterocycles. The molecule has 23 heavy (non-hydrogen) atoms. The van der Waals surface area contributed by atoms with Gasteiger partial charge in [0.05, 0.1) is 0 Å². The van der Waals surface area contributed by atoms with E-state index in [9.17, 15) is 4.79 Å². The fourth-order valence-electron chi connectivity index (χ4n) is 3.27. The number of carbonyl (C=O) groups is 1. The summed E-state index contributed by atoms with van der Waals surface area (Å²) < 4.78 is 2.17. The molecule has 1 aliphatic heterocycles. The van der Waals surface area contributed by atoms with Crippen LogP contribution in [0.4, 0.5) is 0 Å². The first-order valence-electron chi connectivity index (χ1n) is 8.25. The van der Waals surface area contributed by atoms with Gasteiger partial charge in [0, 0.05) is 30.5 Å². The average molecular weight is 312 g/mol. The molecule has 122 valence electrons. The topological polar surface area (TPSA) is 59.8 Å². The van der Waals surface area contributed by atoms with Crippen LogP contribution < -0.4 is 5.32 Å². The monoisotopic (exact) mass is 312 g/mol. The zero-order chi connectivity index (χ0) is 16.6. The highest BCUT2D eigenvalue weighted by molar-refractivity contribution is 5.94. The largest absolute Gasteiger partial charge is 0.347 e. The van der Waals surface area contributed by atoms with Gasteiger partial charge in [0.1, 0.15) is 11.6 Å². The maximum absolute atomic E-state index is 12.5. The third-order valence-electron chi connectivity index (χ3n) is 4.31. The molecule has 5 nitrogen and oxygen atoms in total. The Morgan fingerprint density at radius 1 is 1.22 bits per heavy atom. The summed E-state index contributed by atoms with van der Waals surface area (Å²) in [6.07, 6.45) is 1.77. The van der Waals surface area contributed by atoms with E-state index >= 15 is 0 Å². The van der Waals surface area contributed by atoms with Crippen LogP contribution >= 0.6 is 0 Å². The van der Waals surface area contributed by atoms with E-state index in [2.05, 4.69) is 40.0 Å². The molecule has 0 unspecified atom stereocenters. The molecule has 0 fully saturated rings. The van der Waals surface area contributed by atoms with E-state index < -0.39 is 0 Å². The van der Waals surface area contributed by atoms with Crippen molar-refractivity contribution < 1.29 is 4.79 Å². The molecule has 3 rings (SSSR count). The Hall–Kier alpha value is -2.17. The Balaban J connectivity index is 1.74. The predicted molar refractivity (Wildman–Crippen MR) is 89.6 cm³/mol. The third-order valence-corrected chi connectivity index (χ3v) is 4.31. The lowest BCUT2D eigenvalue weighted by Crippen LogP contribution is -2.41. The van der Waals surface area contributed by atoms with Gasteiger partial charge in [-0.2, -0.15) is 0 Å². The Morgan fingerprint density at radius 3 is 2.57 bits per heavy atom. The highest BCUT2D eigenvalue weighted by atomic mass is 16.1. The zero-order valence-electron chi connectivity index (χ0n) is 14.3. The molecule has 1 aromatic heterocycles. The van der Waals surface area contributed by atoms with E-state index in [1.807, 2.05) is 26.0 Å². The lowest BCUT2D eigenvalue weighted by Gasteiger charge is -2.26. The molecule has 1 aromatic carbocycles. The van der Waals surface area contributed by atoms with Gasteiger partial charge in [-0.15, -0.1) is 10.2 Å². The zero-order valence-corrected chi connectivity index (χ0v) is 14.3. The minimum atomic E-state index is 0.00409. The number of aryl methyl sites for hydroxylation is 3. The highest BCUT2D eigenvalue weighted by Crippen LogP contribution is 2.20. The normalized spacial score (nSPS) is 17.2. The summed E-state index contributed by atoms with van der Waals surface area (Å²) in [6.45, 7) is 9.03. The fourth-order valence-corrected chi connectivity index (χ4v) is 3.27. The first-order valence-corrected chi connectivity index (χ1v) is 8.25. The van der Waals surface area contributed by atoms with E-state index in [4.69, 9.17) is 0 Å². The van der Waals surface area contributed by atoms with Gasteiger partial charge in [-0.1, -0.05) is 31.0 Å². The van der Waals surface area contributed by atoms with Gasteiger partial charge in [0.2, 0.25) is 0 Å². The molecule has 1 amide bonds. The molecule has 0 aliphatic carbocycles. The summed E-state index contributed by atoms with van der Waals surface area (Å²) in [5, 5.41) is 11.7. The number of benzene rings is 1. The fraction of sp³-hybridized carbons (Fsp3) is 0.500. The van der Waals surface area contributed by atoms with E-state index in [1.165, 1.54) is 0 Å². The Morgan fingerprint density at radius 2 is 1.91 bits per heavy atom. The number of fused-ring (bicyclic) bond motifs is 1. The van der Waals surface area contributed by atoms with E-state index in [1.54, 1.807) is 0 Å². The molecule has 1 aliphatic rings.